The largest absolute Gasteiger partial charge is 0.508 e. The summed E-state index contributed by atoms with van der Waals surface area (Å²) in [5.74, 6) is 1.56. The summed E-state index contributed by atoms with van der Waals surface area (Å²) in [5.41, 5.74) is 1.99. The Morgan fingerprint density at radius 1 is 1.19 bits per heavy atom. The van der Waals surface area contributed by atoms with Crippen molar-refractivity contribution in [2.75, 3.05) is 14.2 Å². The van der Waals surface area contributed by atoms with E-state index in [-0.39, 0.29) is 5.75 Å². The van der Waals surface area contributed by atoms with Gasteiger partial charge in [0.05, 0.1) is 11.6 Å². The molecule has 112 valence electrons. The molecule has 0 saturated carbocycles. The van der Waals surface area contributed by atoms with Crippen LogP contribution in [-0.4, -0.2) is 19.3 Å². The first-order chi connectivity index (χ1) is 10.1. The smallest absolute Gasteiger partial charge is 0.175 e. The molecule has 0 aliphatic heterocycles. The van der Waals surface area contributed by atoms with Gasteiger partial charge in [-0.15, -0.1) is 0 Å². The van der Waals surface area contributed by atoms with Gasteiger partial charge in [-0.1, -0.05) is 12.1 Å². The second-order valence-electron chi connectivity index (χ2n) is 4.60. The molecular formula is C16H18BrNO3. The Morgan fingerprint density at radius 2 is 2.00 bits per heavy atom. The van der Waals surface area contributed by atoms with Crippen LogP contribution < -0.4 is 14.8 Å². The second kappa shape index (κ2) is 7.33. The Morgan fingerprint density at radius 3 is 2.67 bits per heavy atom. The first-order valence-electron chi connectivity index (χ1n) is 6.55. The van der Waals surface area contributed by atoms with E-state index in [4.69, 9.17) is 9.47 Å². The normalized spacial score (nSPS) is 10.4. The summed E-state index contributed by atoms with van der Waals surface area (Å²) in [6.07, 6.45) is 0. The van der Waals surface area contributed by atoms with E-state index in [1.54, 1.807) is 25.3 Å². The van der Waals surface area contributed by atoms with Crippen molar-refractivity contribution in [3.8, 4) is 17.2 Å². The minimum Gasteiger partial charge on any atom is -0.508 e. The van der Waals surface area contributed by atoms with Gasteiger partial charge in [-0.2, -0.15) is 0 Å². The van der Waals surface area contributed by atoms with E-state index in [0.29, 0.717) is 18.1 Å². The fourth-order valence-electron chi connectivity index (χ4n) is 2.02. The van der Waals surface area contributed by atoms with Gasteiger partial charge in [-0.25, -0.2) is 0 Å². The lowest BCUT2D eigenvalue weighted by atomic mass is 10.2. The number of phenolic OH excluding ortho intramolecular Hbond substituents is 1. The Bertz CT molecular complexity index is 616. The molecule has 0 aromatic heterocycles. The maximum Gasteiger partial charge on any atom is 0.175 e. The molecule has 2 aromatic carbocycles. The number of benzene rings is 2. The van der Waals surface area contributed by atoms with Crippen LogP contribution in [0.2, 0.25) is 0 Å². The van der Waals surface area contributed by atoms with Crippen molar-refractivity contribution in [2.24, 2.45) is 0 Å². The Hall–Kier alpha value is -1.72. The summed E-state index contributed by atoms with van der Waals surface area (Å²) >= 11 is 3.51. The predicted octanol–water partition coefficient (Wildman–Crippen LogP) is 3.46. The van der Waals surface area contributed by atoms with Gasteiger partial charge in [0.2, 0.25) is 0 Å². The fourth-order valence-corrected chi connectivity index (χ4v) is 2.63. The number of aromatic hydroxyl groups is 1. The maximum absolute atomic E-state index is 9.46. The molecule has 0 unspecified atom stereocenters. The van der Waals surface area contributed by atoms with Crippen molar-refractivity contribution < 1.29 is 14.6 Å². The molecule has 0 saturated heterocycles. The van der Waals surface area contributed by atoms with E-state index in [1.165, 1.54) is 0 Å². The topological polar surface area (TPSA) is 50.7 Å². The van der Waals surface area contributed by atoms with Crippen molar-refractivity contribution in [3.05, 3.63) is 52.0 Å². The monoisotopic (exact) mass is 351 g/mol. The number of halogens is 1. The van der Waals surface area contributed by atoms with Crippen LogP contribution in [0.3, 0.4) is 0 Å². The van der Waals surface area contributed by atoms with Crippen LogP contribution >= 0.6 is 15.9 Å². The number of rotatable bonds is 6. The van der Waals surface area contributed by atoms with Crippen LogP contribution in [0.5, 0.6) is 17.2 Å². The molecule has 2 N–H and O–H groups in total. The highest BCUT2D eigenvalue weighted by atomic mass is 79.9. The molecule has 2 aromatic rings. The molecule has 4 nitrogen and oxygen atoms in total. The van der Waals surface area contributed by atoms with Gasteiger partial charge >= 0.3 is 0 Å². The summed E-state index contributed by atoms with van der Waals surface area (Å²) in [5, 5.41) is 12.6. The summed E-state index contributed by atoms with van der Waals surface area (Å²) in [6.45, 7) is 1.11. The van der Waals surface area contributed by atoms with Crippen molar-refractivity contribution in [3.63, 3.8) is 0 Å². The highest BCUT2D eigenvalue weighted by Gasteiger charge is 2.12. The summed E-state index contributed by atoms with van der Waals surface area (Å²) in [4.78, 5) is 0. The number of hydrogen-bond acceptors (Lipinski definition) is 4. The molecule has 0 fully saturated rings. The highest BCUT2D eigenvalue weighted by Crippen LogP contribution is 2.37. The van der Waals surface area contributed by atoms with Crippen LogP contribution in [0.4, 0.5) is 0 Å². The van der Waals surface area contributed by atoms with Crippen molar-refractivity contribution in [1.82, 2.24) is 5.32 Å². The Kier molecular flexibility index (Phi) is 5.47. The molecule has 5 heteroatoms. The number of methoxy groups -OCH3 is 1. The van der Waals surface area contributed by atoms with E-state index in [1.807, 2.05) is 25.2 Å². The number of ether oxygens (including phenoxy) is 2. The SMILES string of the molecule is CNCc1cc(Br)c(OCc2cccc(O)c2)c(OC)c1. The molecule has 0 radical (unpaired) electrons. The molecule has 0 aliphatic carbocycles. The average Bonchev–Trinajstić information content (AvgIpc) is 2.46. The van der Waals surface area contributed by atoms with Crippen molar-refractivity contribution >= 4 is 15.9 Å². The van der Waals surface area contributed by atoms with E-state index in [0.717, 1.165) is 22.1 Å². The van der Waals surface area contributed by atoms with Crippen LogP contribution in [0.15, 0.2) is 40.9 Å². The minimum absolute atomic E-state index is 0.228. The van der Waals surface area contributed by atoms with Crippen LogP contribution in [0.25, 0.3) is 0 Å². The molecule has 0 amide bonds. The van der Waals surface area contributed by atoms with E-state index < -0.39 is 0 Å². The van der Waals surface area contributed by atoms with Gasteiger partial charge in [0.15, 0.2) is 11.5 Å². The second-order valence-corrected chi connectivity index (χ2v) is 5.45. The van der Waals surface area contributed by atoms with Crippen molar-refractivity contribution in [1.29, 1.82) is 0 Å². The first kappa shape index (κ1) is 15.7. The van der Waals surface area contributed by atoms with E-state index in [2.05, 4.69) is 21.2 Å². The molecule has 0 spiro atoms. The number of nitrogens with one attached hydrogen (secondary N) is 1. The average molecular weight is 352 g/mol. The Labute approximate surface area is 132 Å². The van der Waals surface area contributed by atoms with Gasteiger partial charge in [-0.05, 0) is 58.4 Å². The molecule has 21 heavy (non-hydrogen) atoms. The maximum atomic E-state index is 9.46. The zero-order valence-electron chi connectivity index (χ0n) is 12.0. The fraction of sp³-hybridized carbons (Fsp3) is 0.250. The van der Waals surface area contributed by atoms with Crippen LogP contribution in [-0.2, 0) is 13.2 Å². The van der Waals surface area contributed by atoms with Crippen molar-refractivity contribution in [2.45, 2.75) is 13.2 Å². The summed E-state index contributed by atoms with van der Waals surface area (Å²) < 4.78 is 12.1. The van der Waals surface area contributed by atoms with Gasteiger partial charge in [0, 0.05) is 6.54 Å². The van der Waals surface area contributed by atoms with Gasteiger partial charge < -0.3 is 19.9 Å². The lowest BCUT2D eigenvalue weighted by Crippen LogP contribution is -2.06. The number of hydrogen-bond donors (Lipinski definition) is 2. The molecular weight excluding hydrogens is 334 g/mol. The van der Waals surface area contributed by atoms with E-state index in [9.17, 15) is 5.11 Å². The lowest BCUT2D eigenvalue weighted by molar-refractivity contribution is 0.282. The molecule has 0 aliphatic rings. The van der Waals surface area contributed by atoms with Gasteiger partial charge in [-0.3, -0.25) is 0 Å². The predicted molar refractivity (Wildman–Crippen MR) is 85.9 cm³/mol. The Balaban J connectivity index is 2.19. The van der Waals surface area contributed by atoms with Crippen LogP contribution in [0, 0.1) is 0 Å². The zero-order chi connectivity index (χ0) is 15.2. The minimum atomic E-state index is 0.228. The zero-order valence-corrected chi connectivity index (χ0v) is 13.6. The van der Waals surface area contributed by atoms with Crippen LogP contribution in [0.1, 0.15) is 11.1 Å². The third-order valence-corrected chi connectivity index (χ3v) is 3.55. The van der Waals surface area contributed by atoms with Gasteiger partial charge in [0.25, 0.3) is 0 Å². The molecule has 0 bridgehead atoms. The van der Waals surface area contributed by atoms with E-state index >= 15 is 0 Å². The quantitative estimate of drug-likeness (QED) is 0.836. The standard InChI is InChI=1S/C16H18BrNO3/c1-18-9-12-7-14(17)16(15(8-12)20-2)21-10-11-4-3-5-13(19)6-11/h3-8,18-19H,9-10H2,1-2H3. The molecule has 0 heterocycles. The third kappa shape index (κ3) is 4.12. The summed E-state index contributed by atoms with van der Waals surface area (Å²) in [7, 11) is 3.51. The first-order valence-corrected chi connectivity index (χ1v) is 7.35. The summed E-state index contributed by atoms with van der Waals surface area (Å²) in [6, 6.07) is 10.9. The molecule has 2 rings (SSSR count). The van der Waals surface area contributed by atoms with Gasteiger partial charge in [0.1, 0.15) is 12.4 Å². The molecule has 0 atom stereocenters. The number of phenols is 1. The highest BCUT2D eigenvalue weighted by molar-refractivity contribution is 9.10. The third-order valence-electron chi connectivity index (χ3n) is 2.96. The lowest BCUT2D eigenvalue weighted by Gasteiger charge is -2.14.